The fourth-order valence-corrected chi connectivity index (χ4v) is 13.4. The Bertz CT molecular complexity index is 1560. The molecule has 4 aliphatic carbocycles. The molecule has 5 N–H and O–H groups in total. The zero-order valence-corrected chi connectivity index (χ0v) is 33.0. The number of carbonyl (C=O) groups is 1. The van der Waals surface area contributed by atoms with E-state index in [9.17, 15) is 30.3 Å². The highest BCUT2D eigenvalue weighted by atomic mass is 16.7. The van der Waals surface area contributed by atoms with Crippen LogP contribution in [0.1, 0.15) is 98.5 Å². The van der Waals surface area contributed by atoms with Crippen LogP contribution in [0.4, 0.5) is 0 Å². The van der Waals surface area contributed by atoms with Gasteiger partial charge in [0, 0.05) is 16.7 Å². The molecule has 0 amide bonds. The molecule has 2 bridgehead atoms. The average Bonchev–Trinajstić information content (AvgIpc) is 3.12. The highest BCUT2D eigenvalue weighted by Crippen LogP contribution is 2.75. The number of aliphatic hydroxyl groups is 4. The van der Waals surface area contributed by atoms with Crippen LogP contribution in [0.25, 0.3) is 0 Å². The van der Waals surface area contributed by atoms with Gasteiger partial charge in [0.15, 0.2) is 6.29 Å². The van der Waals surface area contributed by atoms with Gasteiger partial charge >= 0.3 is 5.97 Å². The van der Waals surface area contributed by atoms with Crippen LogP contribution in [0.5, 0.6) is 5.75 Å². The van der Waals surface area contributed by atoms with Gasteiger partial charge in [-0.15, -0.1) is 0 Å². The second kappa shape index (κ2) is 13.6. The van der Waals surface area contributed by atoms with Gasteiger partial charge in [-0.05, 0) is 96.1 Å². The molecule has 2 saturated heterocycles. The Morgan fingerprint density at radius 2 is 1.64 bits per heavy atom. The summed E-state index contributed by atoms with van der Waals surface area (Å²) in [6.45, 7) is 16.3. The Morgan fingerprint density at radius 1 is 0.943 bits per heavy atom. The molecule has 6 aliphatic rings. The van der Waals surface area contributed by atoms with Gasteiger partial charge in [0.2, 0.25) is 0 Å². The average molecular weight is 741 g/mol. The maximum Gasteiger partial charge on any atom is 0.307 e. The highest BCUT2D eigenvalue weighted by Gasteiger charge is 2.72. The third-order valence-electron chi connectivity index (χ3n) is 16.8. The predicted octanol–water partition coefficient (Wildman–Crippen LogP) is 5.55. The molecular weight excluding hydrogens is 676 g/mol. The van der Waals surface area contributed by atoms with Crippen LogP contribution >= 0.6 is 0 Å². The minimum atomic E-state index is -1.54. The summed E-state index contributed by atoms with van der Waals surface area (Å²) in [6.07, 6.45) is 0.213. The normalized spacial score (nSPS) is 48.5. The monoisotopic (exact) mass is 740 g/mol. The number of aliphatic hydroxyl groups excluding tert-OH is 4. The molecule has 10 nitrogen and oxygen atoms in total. The minimum Gasteiger partial charge on any atom is -0.497 e. The van der Waals surface area contributed by atoms with Gasteiger partial charge in [-0.25, -0.2) is 0 Å². The van der Waals surface area contributed by atoms with E-state index in [1.807, 2.05) is 12.1 Å². The van der Waals surface area contributed by atoms with Crippen molar-refractivity contribution < 1.29 is 49.3 Å². The lowest BCUT2D eigenvalue weighted by atomic mass is 9.34. The van der Waals surface area contributed by atoms with Gasteiger partial charge in [-0.2, -0.15) is 0 Å². The van der Waals surface area contributed by atoms with E-state index in [1.165, 1.54) is 5.57 Å². The molecule has 5 fully saturated rings. The van der Waals surface area contributed by atoms with E-state index in [1.54, 1.807) is 7.11 Å². The molecule has 296 valence electrons. The summed E-state index contributed by atoms with van der Waals surface area (Å²) in [4.78, 5) is 13.5. The first kappa shape index (κ1) is 39.2. The van der Waals surface area contributed by atoms with Crippen molar-refractivity contribution in [2.45, 2.75) is 130 Å². The molecule has 0 aromatic heterocycles. The topological polar surface area (TPSA) is 155 Å². The van der Waals surface area contributed by atoms with Crippen LogP contribution in [-0.2, 0) is 19.0 Å². The van der Waals surface area contributed by atoms with Crippen molar-refractivity contribution in [3.8, 4) is 5.75 Å². The maximum absolute atomic E-state index is 13.5. The van der Waals surface area contributed by atoms with Crippen molar-refractivity contribution in [2.24, 2.45) is 56.7 Å². The number of aliphatic carboxylic acids is 1. The van der Waals surface area contributed by atoms with Gasteiger partial charge in [0.25, 0.3) is 0 Å². The van der Waals surface area contributed by atoms with E-state index in [2.05, 4.69) is 66.7 Å². The molecule has 0 unspecified atom stereocenters. The number of carboxylic acids is 1. The molecule has 0 spiro atoms. The number of benzene rings is 1. The second-order valence-corrected chi connectivity index (χ2v) is 19.2. The summed E-state index contributed by atoms with van der Waals surface area (Å²) in [5.74, 6) is 0.473. The Hall–Kier alpha value is -2.05. The van der Waals surface area contributed by atoms with Crippen molar-refractivity contribution >= 4 is 5.97 Å². The number of carboxylic acid groups (broad SMARTS) is 1. The molecule has 53 heavy (non-hydrogen) atoms. The van der Waals surface area contributed by atoms with E-state index in [0.717, 1.165) is 43.4 Å². The van der Waals surface area contributed by atoms with Gasteiger partial charge in [0.05, 0.1) is 39.0 Å². The van der Waals surface area contributed by atoms with Crippen LogP contribution in [0.2, 0.25) is 0 Å². The van der Waals surface area contributed by atoms with Crippen LogP contribution in [0.3, 0.4) is 0 Å². The summed E-state index contributed by atoms with van der Waals surface area (Å²) in [7, 11) is 1.64. The molecule has 1 aromatic carbocycles. The first-order chi connectivity index (χ1) is 24.9. The van der Waals surface area contributed by atoms with Crippen LogP contribution < -0.4 is 4.74 Å². The molecule has 16 atom stereocenters. The summed E-state index contributed by atoms with van der Waals surface area (Å²) in [5.41, 5.74) is 0.672. The molecule has 2 aliphatic heterocycles. The standard InChI is InChI=1S/C43H64O10/c1-23(2)24(3)39(4)17-18-41(6)28-13-14-31-40(5)21-51-22-43(31,29(28)15-16-42(41,7)35(39)37(48)49)19-27(25-9-11-26(50-8)12-10-25)36(40)53-38-34(47)33(46)32(45)30(20-44)52-38/h9-12,15,23-24,27-28,30-36,38,44-47H,13-14,16-22H2,1-8H3,(H,48,49)/t24-,27+,28+,30-,31+,32-,33+,34-,35-,36+,38+,39-,40+,41-,42+,43+/m1/s1. The van der Waals surface area contributed by atoms with Crippen LogP contribution in [0.15, 0.2) is 35.9 Å². The summed E-state index contributed by atoms with van der Waals surface area (Å²) < 4.78 is 25.0. The number of allylic oxidation sites excluding steroid dienone is 1. The SMILES string of the molecule is COc1ccc([C@@H]2C[C@@]34COC[C@@](C)([C@@H]3CC[C@H]3C4=CC[C@@]4(C)[C@H](C(=O)O)[C@@](C)([C@H](C)C(C)C)CC[C@]34C)[C@H]2O[C@@H]2O[C@H](CO)[C@@H](O)[C@H](O)[C@H]2O)cc1. The molecule has 0 radical (unpaired) electrons. The number of ether oxygens (including phenoxy) is 4. The van der Waals surface area contributed by atoms with E-state index < -0.39 is 66.1 Å². The molecule has 7 rings (SSSR count). The van der Waals surface area contributed by atoms with Gasteiger partial charge in [-0.3, -0.25) is 4.79 Å². The maximum atomic E-state index is 13.5. The van der Waals surface area contributed by atoms with E-state index in [4.69, 9.17) is 18.9 Å². The number of methoxy groups -OCH3 is 1. The number of rotatable bonds is 8. The quantitative estimate of drug-likeness (QED) is 0.169. The first-order valence-electron chi connectivity index (χ1n) is 20.0. The molecule has 2 heterocycles. The third kappa shape index (κ3) is 5.54. The van der Waals surface area contributed by atoms with Crippen molar-refractivity contribution in [3.63, 3.8) is 0 Å². The van der Waals surface area contributed by atoms with Crippen molar-refractivity contribution in [1.82, 2.24) is 0 Å². The van der Waals surface area contributed by atoms with E-state index in [0.29, 0.717) is 25.6 Å². The van der Waals surface area contributed by atoms with E-state index in [-0.39, 0.29) is 39.9 Å². The number of hydrogen-bond donors (Lipinski definition) is 5. The molecular formula is C43H64O10. The molecule has 1 aromatic rings. The Kier molecular flexibility index (Phi) is 10.0. The zero-order valence-electron chi connectivity index (χ0n) is 33.0. The second-order valence-electron chi connectivity index (χ2n) is 19.2. The third-order valence-corrected chi connectivity index (χ3v) is 16.8. The number of fused-ring (bicyclic) bond motifs is 3. The lowest BCUT2D eigenvalue weighted by Gasteiger charge is -2.71. The zero-order chi connectivity index (χ0) is 38.5. The fraction of sp³-hybridized carbons (Fsp3) is 0.791. The van der Waals surface area contributed by atoms with Crippen LogP contribution in [0, 0.1) is 56.7 Å². The number of hydrogen-bond acceptors (Lipinski definition) is 9. The van der Waals surface area contributed by atoms with E-state index >= 15 is 0 Å². The summed E-state index contributed by atoms with van der Waals surface area (Å²) in [6, 6.07) is 8.07. The Labute approximate surface area is 315 Å². The Balaban J connectivity index is 1.32. The van der Waals surface area contributed by atoms with Crippen LogP contribution in [-0.4, -0.2) is 95.2 Å². The molecule has 10 heteroatoms. The van der Waals surface area contributed by atoms with Gasteiger partial charge < -0.3 is 44.5 Å². The van der Waals surface area contributed by atoms with Crippen molar-refractivity contribution in [3.05, 3.63) is 41.5 Å². The highest BCUT2D eigenvalue weighted by molar-refractivity contribution is 5.73. The Morgan fingerprint density at radius 3 is 2.26 bits per heavy atom. The molecule has 3 saturated carbocycles. The largest absolute Gasteiger partial charge is 0.497 e. The van der Waals surface area contributed by atoms with Crippen molar-refractivity contribution in [1.29, 1.82) is 0 Å². The van der Waals surface area contributed by atoms with Gasteiger partial charge in [-0.1, -0.05) is 72.2 Å². The first-order valence-corrected chi connectivity index (χ1v) is 20.0. The lowest BCUT2D eigenvalue weighted by Crippen LogP contribution is -2.69. The smallest absolute Gasteiger partial charge is 0.307 e. The fourth-order valence-electron chi connectivity index (χ4n) is 13.4. The van der Waals surface area contributed by atoms with Crippen molar-refractivity contribution in [2.75, 3.05) is 26.9 Å². The van der Waals surface area contributed by atoms with Gasteiger partial charge in [0.1, 0.15) is 30.2 Å². The minimum absolute atomic E-state index is 0.160. The lowest BCUT2D eigenvalue weighted by molar-refractivity contribution is -0.339. The summed E-state index contributed by atoms with van der Waals surface area (Å²) in [5, 5.41) is 53.5. The predicted molar refractivity (Wildman–Crippen MR) is 198 cm³/mol. The summed E-state index contributed by atoms with van der Waals surface area (Å²) >= 11 is 0.